The van der Waals surface area contributed by atoms with Crippen LogP contribution in [-0.2, 0) is 6.42 Å². The van der Waals surface area contributed by atoms with Crippen LogP contribution in [0.2, 0.25) is 0 Å². The van der Waals surface area contributed by atoms with Gasteiger partial charge in [-0.1, -0.05) is 24.8 Å². The molecule has 0 unspecified atom stereocenters. The van der Waals surface area contributed by atoms with Gasteiger partial charge in [0.15, 0.2) is 0 Å². The molecule has 0 aliphatic heterocycles. The van der Waals surface area contributed by atoms with E-state index in [4.69, 9.17) is 5.26 Å². The first kappa shape index (κ1) is 14.1. The summed E-state index contributed by atoms with van der Waals surface area (Å²) in [5.74, 6) is 0. The Hall–Kier alpha value is -2.32. The highest BCUT2D eigenvalue weighted by molar-refractivity contribution is 7.99. The third kappa shape index (κ3) is 3.16. The van der Waals surface area contributed by atoms with E-state index < -0.39 is 0 Å². The van der Waals surface area contributed by atoms with Crippen molar-refractivity contribution in [2.45, 2.75) is 23.1 Å². The van der Waals surface area contributed by atoms with Gasteiger partial charge in [-0.2, -0.15) is 5.26 Å². The fraction of sp³-hybridized carbons (Fsp3) is 0.133. The summed E-state index contributed by atoms with van der Waals surface area (Å²) in [5, 5.41) is 19.9. The number of aryl methyl sites for hydroxylation is 1. The third-order valence-electron chi connectivity index (χ3n) is 2.84. The van der Waals surface area contributed by atoms with E-state index in [0.717, 1.165) is 16.9 Å². The Balaban J connectivity index is 2.32. The molecule has 4 nitrogen and oxygen atoms in total. The highest BCUT2D eigenvalue weighted by Gasteiger charge is 2.15. The number of nitro benzene ring substituents is 1. The molecule has 0 aliphatic rings. The first-order chi connectivity index (χ1) is 9.63. The molecule has 2 aromatic carbocycles. The minimum absolute atomic E-state index is 0.124. The van der Waals surface area contributed by atoms with Crippen molar-refractivity contribution in [1.29, 1.82) is 5.26 Å². The lowest BCUT2D eigenvalue weighted by atomic mass is 10.1. The van der Waals surface area contributed by atoms with E-state index in [2.05, 4.69) is 0 Å². The largest absolute Gasteiger partial charge is 0.283 e. The molecular formula is C15H12N2O2S. The summed E-state index contributed by atoms with van der Waals surface area (Å²) < 4.78 is 0. The lowest BCUT2D eigenvalue weighted by molar-refractivity contribution is -0.387. The summed E-state index contributed by atoms with van der Waals surface area (Å²) in [5.41, 5.74) is 1.64. The standard InChI is InChI=1S/C15H12N2O2S/c1-2-11-5-8-15(14(9-11)17(18)19)20-13-6-3-12(10-16)4-7-13/h3-9H,2H2,1H3. The number of benzene rings is 2. The van der Waals surface area contributed by atoms with E-state index in [1.807, 2.05) is 19.1 Å². The normalized spacial score (nSPS) is 10.0. The van der Waals surface area contributed by atoms with Gasteiger partial charge >= 0.3 is 0 Å². The Labute approximate surface area is 121 Å². The zero-order chi connectivity index (χ0) is 14.5. The van der Waals surface area contributed by atoms with Crippen molar-refractivity contribution in [3.8, 4) is 6.07 Å². The number of hydrogen-bond acceptors (Lipinski definition) is 4. The summed E-state index contributed by atoms with van der Waals surface area (Å²) in [7, 11) is 0. The molecule has 5 heteroatoms. The van der Waals surface area contributed by atoms with Crippen LogP contribution < -0.4 is 0 Å². The zero-order valence-electron chi connectivity index (χ0n) is 10.9. The van der Waals surface area contributed by atoms with Gasteiger partial charge in [-0.05, 0) is 42.3 Å². The number of rotatable bonds is 4. The Bertz CT molecular complexity index is 675. The van der Waals surface area contributed by atoms with Crippen molar-refractivity contribution in [3.63, 3.8) is 0 Å². The van der Waals surface area contributed by atoms with Crippen LogP contribution in [0.15, 0.2) is 52.3 Å². The molecule has 2 aromatic rings. The van der Waals surface area contributed by atoms with Crippen molar-refractivity contribution in [3.05, 3.63) is 63.7 Å². The quantitative estimate of drug-likeness (QED) is 0.624. The molecule has 0 saturated carbocycles. The second kappa shape index (κ2) is 6.22. The molecule has 0 saturated heterocycles. The van der Waals surface area contributed by atoms with Crippen LogP contribution in [0.1, 0.15) is 18.1 Å². The first-order valence-electron chi connectivity index (χ1n) is 6.09. The topological polar surface area (TPSA) is 66.9 Å². The number of hydrogen-bond donors (Lipinski definition) is 0. The predicted octanol–water partition coefficient (Wildman–Crippen LogP) is 4.18. The molecule has 0 fully saturated rings. The summed E-state index contributed by atoms with van der Waals surface area (Å²) in [4.78, 5) is 12.3. The maximum Gasteiger partial charge on any atom is 0.283 e. The maximum atomic E-state index is 11.1. The third-order valence-corrected chi connectivity index (χ3v) is 3.91. The van der Waals surface area contributed by atoms with Crippen LogP contribution in [-0.4, -0.2) is 4.92 Å². The van der Waals surface area contributed by atoms with E-state index in [9.17, 15) is 10.1 Å². The Morgan fingerprint density at radius 1 is 1.25 bits per heavy atom. The molecule has 0 spiro atoms. The number of nitrogens with zero attached hydrogens (tertiary/aromatic N) is 2. The van der Waals surface area contributed by atoms with Crippen molar-refractivity contribution >= 4 is 17.4 Å². The summed E-state index contributed by atoms with van der Waals surface area (Å²) in [6.45, 7) is 1.96. The van der Waals surface area contributed by atoms with Gasteiger partial charge in [0.25, 0.3) is 5.69 Å². The van der Waals surface area contributed by atoms with Crippen LogP contribution in [0, 0.1) is 21.4 Å². The molecule has 0 radical (unpaired) electrons. The lowest BCUT2D eigenvalue weighted by Gasteiger charge is -2.05. The number of nitro groups is 1. The molecule has 0 atom stereocenters. The highest BCUT2D eigenvalue weighted by atomic mass is 32.2. The van der Waals surface area contributed by atoms with Crippen LogP contribution in [0.4, 0.5) is 5.69 Å². The monoisotopic (exact) mass is 284 g/mol. The summed E-state index contributed by atoms with van der Waals surface area (Å²) in [6.07, 6.45) is 0.767. The predicted molar refractivity (Wildman–Crippen MR) is 77.8 cm³/mol. The minimum atomic E-state index is -0.356. The van der Waals surface area contributed by atoms with Crippen LogP contribution in [0.3, 0.4) is 0 Å². The lowest BCUT2D eigenvalue weighted by Crippen LogP contribution is -1.93. The van der Waals surface area contributed by atoms with Gasteiger partial charge in [-0.15, -0.1) is 0 Å². The van der Waals surface area contributed by atoms with Gasteiger partial charge in [-0.25, -0.2) is 0 Å². The molecule has 0 bridgehead atoms. The minimum Gasteiger partial charge on any atom is -0.258 e. The summed E-state index contributed by atoms with van der Waals surface area (Å²) in [6, 6.07) is 14.3. The SMILES string of the molecule is CCc1ccc(Sc2ccc(C#N)cc2)c([N+](=O)[O-])c1. The van der Waals surface area contributed by atoms with Crippen LogP contribution >= 0.6 is 11.8 Å². The Kier molecular flexibility index (Phi) is 4.38. The average molecular weight is 284 g/mol. The van der Waals surface area contributed by atoms with E-state index in [1.54, 1.807) is 36.4 Å². The molecule has 20 heavy (non-hydrogen) atoms. The van der Waals surface area contributed by atoms with E-state index >= 15 is 0 Å². The van der Waals surface area contributed by atoms with Gasteiger partial charge in [0.1, 0.15) is 0 Å². The van der Waals surface area contributed by atoms with Gasteiger partial charge in [0.05, 0.1) is 21.5 Å². The molecule has 0 N–H and O–H groups in total. The Morgan fingerprint density at radius 2 is 1.95 bits per heavy atom. The van der Waals surface area contributed by atoms with Gasteiger partial charge in [-0.3, -0.25) is 10.1 Å². The van der Waals surface area contributed by atoms with Crippen LogP contribution in [0.5, 0.6) is 0 Å². The highest BCUT2D eigenvalue weighted by Crippen LogP contribution is 2.35. The van der Waals surface area contributed by atoms with Gasteiger partial charge in [0.2, 0.25) is 0 Å². The molecule has 100 valence electrons. The Morgan fingerprint density at radius 3 is 2.50 bits per heavy atom. The van der Waals surface area contributed by atoms with E-state index in [0.29, 0.717) is 10.5 Å². The fourth-order valence-electron chi connectivity index (χ4n) is 1.74. The molecule has 0 aliphatic carbocycles. The van der Waals surface area contributed by atoms with Crippen molar-refractivity contribution in [2.24, 2.45) is 0 Å². The fourth-order valence-corrected chi connectivity index (χ4v) is 2.64. The molecule has 0 amide bonds. The van der Waals surface area contributed by atoms with E-state index in [1.165, 1.54) is 11.8 Å². The van der Waals surface area contributed by atoms with Crippen molar-refractivity contribution < 1.29 is 4.92 Å². The average Bonchev–Trinajstić information content (AvgIpc) is 2.48. The summed E-state index contributed by atoms with van der Waals surface area (Å²) >= 11 is 1.33. The first-order valence-corrected chi connectivity index (χ1v) is 6.91. The van der Waals surface area contributed by atoms with Crippen LogP contribution in [0.25, 0.3) is 0 Å². The molecular weight excluding hydrogens is 272 g/mol. The zero-order valence-corrected chi connectivity index (χ0v) is 11.7. The second-order valence-corrected chi connectivity index (χ2v) is 5.27. The van der Waals surface area contributed by atoms with Crippen molar-refractivity contribution in [2.75, 3.05) is 0 Å². The smallest absolute Gasteiger partial charge is 0.258 e. The molecule has 0 heterocycles. The maximum absolute atomic E-state index is 11.1. The number of nitriles is 1. The molecule has 0 aromatic heterocycles. The van der Waals surface area contributed by atoms with E-state index in [-0.39, 0.29) is 10.6 Å². The van der Waals surface area contributed by atoms with Gasteiger partial charge < -0.3 is 0 Å². The van der Waals surface area contributed by atoms with Crippen molar-refractivity contribution in [1.82, 2.24) is 0 Å². The second-order valence-electron chi connectivity index (χ2n) is 4.15. The van der Waals surface area contributed by atoms with Gasteiger partial charge in [0, 0.05) is 11.0 Å². The molecule has 2 rings (SSSR count).